The molecular weight excluding hydrogens is 276 g/mol. The van der Waals surface area contributed by atoms with Crippen LogP contribution in [0.3, 0.4) is 0 Å². The molecule has 4 nitrogen and oxygen atoms in total. The van der Waals surface area contributed by atoms with E-state index in [1.807, 2.05) is 55.6 Å². The van der Waals surface area contributed by atoms with Gasteiger partial charge in [-0.15, -0.1) is 0 Å². The van der Waals surface area contributed by atoms with Crippen LogP contribution in [0.2, 0.25) is 0 Å². The summed E-state index contributed by atoms with van der Waals surface area (Å²) in [5.74, 6) is 0.0655. The molecule has 2 aromatic carbocycles. The summed E-state index contributed by atoms with van der Waals surface area (Å²) in [6, 6.07) is 15.3. The summed E-state index contributed by atoms with van der Waals surface area (Å²) in [4.78, 5) is 15.5. The number of aryl methyl sites for hydroxylation is 1. The number of carbonyl (C=O) groups is 1. The van der Waals surface area contributed by atoms with Crippen LogP contribution in [0.4, 0.5) is 5.69 Å². The Balaban J connectivity index is 1.70. The van der Waals surface area contributed by atoms with Gasteiger partial charge in [-0.3, -0.25) is 4.79 Å². The van der Waals surface area contributed by atoms with Crippen molar-refractivity contribution in [3.63, 3.8) is 0 Å². The van der Waals surface area contributed by atoms with Gasteiger partial charge < -0.3 is 14.7 Å². The lowest BCUT2D eigenvalue weighted by Crippen LogP contribution is -2.10. The molecule has 4 rings (SSSR count). The van der Waals surface area contributed by atoms with Crippen molar-refractivity contribution in [2.45, 2.75) is 6.92 Å². The van der Waals surface area contributed by atoms with Crippen molar-refractivity contribution in [2.75, 3.05) is 5.32 Å². The normalized spacial score (nSPS) is 11.1. The van der Waals surface area contributed by atoms with Crippen molar-refractivity contribution in [2.24, 2.45) is 0 Å². The van der Waals surface area contributed by atoms with E-state index in [2.05, 4.69) is 10.3 Å². The maximum atomic E-state index is 12.4. The minimum absolute atomic E-state index is 0.248. The lowest BCUT2D eigenvalue weighted by Gasteiger charge is -2.04. The lowest BCUT2D eigenvalue weighted by atomic mass is 10.2. The largest absolute Gasteiger partial charge is 0.451 e. The Morgan fingerprint density at radius 1 is 1.14 bits per heavy atom. The van der Waals surface area contributed by atoms with E-state index in [1.54, 1.807) is 6.07 Å². The van der Waals surface area contributed by atoms with Gasteiger partial charge >= 0.3 is 0 Å². The van der Waals surface area contributed by atoms with Crippen molar-refractivity contribution in [1.29, 1.82) is 0 Å². The van der Waals surface area contributed by atoms with Gasteiger partial charge in [-0.1, -0.05) is 18.2 Å². The van der Waals surface area contributed by atoms with Gasteiger partial charge in [0.25, 0.3) is 5.91 Å². The number of hydrogen-bond acceptors (Lipinski definition) is 2. The molecule has 0 radical (unpaired) electrons. The second kappa shape index (κ2) is 4.77. The number of nitrogens with one attached hydrogen (secondary N) is 2. The van der Waals surface area contributed by atoms with Crippen LogP contribution >= 0.6 is 0 Å². The summed E-state index contributed by atoms with van der Waals surface area (Å²) in [5.41, 5.74) is 3.58. The molecule has 1 amide bonds. The first-order valence-electron chi connectivity index (χ1n) is 7.08. The zero-order valence-corrected chi connectivity index (χ0v) is 12.0. The molecule has 0 aliphatic rings. The van der Waals surface area contributed by atoms with Crippen LogP contribution in [0.1, 0.15) is 16.1 Å². The van der Waals surface area contributed by atoms with E-state index in [9.17, 15) is 4.79 Å². The van der Waals surface area contributed by atoms with Gasteiger partial charge in [-0.25, -0.2) is 0 Å². The molecule has 4 aromatic rings. The second-order valence-corrected chi connectivity index (χ2v) is 5.35. The van der Waals surface area contributed by atoms with Gasteiger partial charge in [0.05, 0.1) is 5.69 Å². The number of fused-ring (bicyclic) bond motifs is 2. The molecule has 0 unspecified atom stereocenters. The first kappa shape index (κ1) is 12.7. The van der Waals surface area contributed by atoms with Gasteiger partial charge in [0.2, 0.25) is 0 Å². The van der Waals surface area contributed by atoms with Crippen molar-refractivity contribution in [1.82, 2.24) is 4.98 Å². The molecule has 0 saturated heterocycles. The van der Waals surface area contributed by atoms with E-state index in [4.69, 9.17) is 4.42 Å². The van der Waals surface area contributed by atoms with Gasteiger partial charge in [0, 0.05) is 22.5 Å². The SMILES string of the molecule is Cc1ccc2cc(C(=O)Nc3cccc4[nH]ccc34)oc2c1. The maximum Gasteiger partial charge on any atom is 0.291 e. The first-order chi connectivity index (χ1) is 10.7. The van der Waals surface area contributed by atoms with Crippen molar-refractivity contribution >= 4 is 33.5 Å². The van der Waals surface area contributed by atoms with Crippen LogP contribution < -0.4 is 5.32 Å². The number of hydrogen-bond donors (Lipinski definition) is 2. The number of benzene rings is 2. The van der Waals surface area contributed by atoms with Crippen LogP contribution in [0.25, 0.3) is 21.9 Å². The molecule has 0 aliphatic heterocycles. The summed E-state index contributed by atoms with van der Waals surface area (Å²) < 4.78 is 5.66. The smallest absolute Gasteiger partial charge is 0.291 e. The quantitative estimate of drug-likeness (QED) is 0.572. The van der Waals surface area contributed by atoms with E-state index < -0.39 is 0 Å². The van der Waals surface area contributed by atoms with E-state index in [0.717, 1.165) is 33.1 Å². The van der Waals surface area contributed by atoms with Crippen molar-refractivity contribution in [3.8, 4) is 0 Å². The molecule has 108 valence electrons. The third-order valence-electron chi connectivity index (χ3n) is 3.74. The minimum atomic E-state index is -0.248. The number of anilines is 1. The molecule has 0 atom stereocenters. The standard InChI is InChI=1S/C18H14N2O2/c1-11-5-6-12-10-17(22-16(12)9-11)18(21)20-15-4-2-3-14-13(15)7-8-19-14/h2-10,19H,1H3,(H,20,21). The molecule has 0 aliphatic carbocycles. The molecule has 0 spiro atoms. The molecule has 0 saturated carbocycles. The van der Waals surface area contributed by atoms with Gasteiger partial charge in [-0.2, -0.15) is 0 Å². The Labute approximate surface area is 126 Å². The molecule has 0 bridgehead atoms. The summed E-state index contributed by atoms with van der Waals surface area (Å²) in [6.45, 7) is 1.99. The summed E-state index contributed by atoms with van der Waals surface area (Å²) in [6.07, 6.45) is 1.85. The molecule has 4 heteroatoms. The molecular formula is C18H14N2O2. The highest BCUT2D eigenvalue weighted by molar-refractivity contribution is 6.08. The lowest BCUT2D eigenvalue weighted by molar-refractivity contribution is 0.0999. The van der Waals surface area contributed by atoms with E-state index in [0.29, 0.717) is 5.76 Å². The zero-order valence-electron chi connectivity index (χ0n) is 12.0. The fraction of sp³-hybridized carbons (Fsp3) is 0.0556. The highest BCUT2D eigenvalue weighted by atomic mass is 16.3. The highest BCUT2D eigenvalue weighted by Gasteiger charge is 2.14. The summed E-state index contributed by atoms with van der Waals surface area (Å²) in [7, 11) is 0. The van der Waals surface area contributed by atoms with Crippen molar-refractivity contribution < 1.29 is 9.21 Å². The molecule has 0 fully saturated rings. The van der Waals surface area contributed by atoms with Gasteiger partial charge in [0.15, 0.2) is 5.76 Å². The monoisotopic (exact) mass is 290 g/mol. The summed E-state index contributed by atoms with van der Waals surface area (Å²) >= 11 is 0. The second-order valence-electron chi connectivity index (χ2n) is 5.35. The average molecular weight is 290 g/mol. The minimum Gasteiger partial charge on any atom is -0.451 e. The Kier molecular flexibility index (Phi) is 2.76. The van der Waals surface area contributed by atoms with E-state index >= 15 is 0 Å². The first-order valence-corrected chi connectivity index (χ1v) is 7.08. The van der Waals surface area contributed by atoms with Crippen molar-refractivity contribution in [3.05, 3.63) is 66.1 Å². The Hall–Kier alpha value is -3.01. The number of aromatic nitrogens is 1. The van der Waals surface area contributed by atoms with Crippen LogP contribution in [0.15, 0.2) is 59.1 Å². The third-order valence-corrected chi connectivity index (χ3v) is 3.74. The van der Waals surface area contributed by atoms with Gasteiger partial charge in [-0.05, 0) is 42.8 Å². The Morgan fingerprint density at radius 3 is 2.95 bits per heavy atom. The average Bonchev–Trinajstić information content (AvgIpc) is 3.13. The van der Waals surface area contributed by atoms with Crippen LogP contribution in [-0.2, 0) is 0 Å². The maximum absolute atomic E-state index is 12.4. The zero-order chi connectivity index (χ0) is 15.1. The molecule has 2 N–H and O–H groups in total. The molecule has 22 heavy (non-hydrogen) atoms. The number of rotatable bonds is 2. The van der Waals surface area contributed by atoms with Crippen LogP contribution in [-0.4, -0.2) is 10.9 Å². The highest BCUT2D eigenvalue weighted by Crippen LogP contribution is 2.25. The van der Waals surface area contributed by atoms with Crippen LogP contribution in [0.5, 0.6) is 0 Å². The number of carbonyl (C=O) groups excluding carboxylic acids is 1. The number of H-pyrrole nitrogens is 1. The molecule has 2 aromatic heterocycles. The number of furan rings is 1. The van der Waals surface area contributed by atoms with E-state index in [1.165, 1.54) is 0 Å². The fourth-order valence-electron chi connectivity index (χ4n) is 2.63. The molecule has 2 heterocycles. The van der Waals surface area contributed by atoms with E-state index in [-0.39, 0.29) is 5.91 Å². The predicted octanol–water partition coefficient (Wildman–Crippen LogP) is 4.47. The summed E-state index contributed by atoms with van der Waals surface area (Å²) in [5, 5.41) is 4.81. The van der Waals surface area contributed by atoms with Gasteiger partial charge in [0.1, 0.15) is 5.58 Å². The topological polar surface area (TPSA) is 58.0 Å². The fourth-order valence-corrected chi connectivity index (χ4v) is 2.63. The predicted molar refractivity (Wildman–Crippen MR) is 87.2 cm³/mol. The Morgan fingerprint density at radius 2 is 2.05 bits per heavy atom. The number of aromatic amines is 1. The number of amides is 1. The Bertz CT molecular complexity index is 995. The van der Waals surface area contributed by atoms with Crippen LogP contribution in [0, 0.1) is 6.92 Å². The third kappa shape index (κ3) is 2.05.